The Bertz CT molecular complexity index is 1050. The molecule has 4 nitrogen and oxygen atoms in total. The number of carbonyl (C=O) groups is 1. The summed E-state index contributed by atoms with van der Waals surface area (Å²) in [4.78, 5) is 19.2. The molecular formula is C21H15ClN2O2S. The fourth-order valence-corrected chi connectivity index (χ4v) is 3.85. The molecule has 0 aliphatic heterocycles. The fraction of sp³-hybridized carbons (Fsp3) is 0.0476. The molecule has 1 aromatic heterocycles. The van der Waals surface area contributed by atoms with Crippen LogP contribution in [-0.4, -0.2) is 17.5 Å². The Labute approximate surface area is 165 Å². The SMILES string of the molecule is O=C(COc1ccccc1Cl)N(c1ccccc1)c1nc2ccccc2s1. The number of hydrogen-bond donors (Lipinski definition) is 0. The van der Waals surface area contributed by atoms with E-state index in [2.05, 4.69) is 4.98 Å². The molecule has 0 saturated heterocycles. The van der Waals surface area contributed by atoms with Gasteiger partial charge in [-0.1, -0.05) is 65.4 Å². The summed E-state index contributed by atoms with van der Waals surface area (Å²) in [6, 6.07) is 24.3. The number of para-hydroxylation sites is 3. The van der Waals surface area contributed by atoms with Crippen molar-refractivity contribution >= 4 is 49.9 Å². The summed E-state index contributed by atoms with van der Waals surface area (Å²) in [7, 11) is 0. The van der Waals surface area contributed by atoms with Crippen LogP contribution in [0.2, 0.25) is 5.02 Å². The van der Waals surface area contributed by atoms with E-state index < -0.39 is 0 Å². The molecule has 0 bridgehead atoms. The smallest absolute Gasteiger partial charge is 0.271 e. The molecule has 0 N–H and O–H groups in total. The zero-order chi connectivity index (χ0) is 18.6. The average molecular weight is 395 g/mol. The van der Waals surface area contributed by atoms with Crippen molar-refractivity contribution in [2.75, 3.05) is 11.5 Å². The topological polar surface area (TPSA) is 42.4 Å². The maximum Gasteiger partial charge on any atom is 0.271 e. The number of carbonyl (C=O) groups excluding carboxylic acids is 1. The molecule has 4 rings (SSSR count). The Kier molecular flexibility index (Phi) is 5.05. The van der Waals surface area contributed by atoms with Crippen LogP contribution in [0, 0.1) is 0 Å². The summed E-state index contributed by atoms with van der Waals surface area (Å²) < 4.78 is 6.67. The monoisotopic (exact) mass is 394 g/mol. The minimum Gasteiger partial charge on any atom is -0.482 e. The van der Waals surface area contributed by atoms with Crippen molar-refractivity contribution in [3.05, 3.63) is 83.9 Å². The normalized spacial score (nSPS) is 10.7. The van der Waals surface area contributed by atoms with Crippen LogP contribution in [-0.2, 0) is 4.79 Å². The van der Waals surface area contributed by atoms with Crippen molar-refractivity contribution < 1.29 is 9.53 Å². The van der Waals surface area contributed by atoms with Crippen LogP contribution < -0.4 is 9.64 Å². The number of hydrogen-bond acceptors (Lipinski definition) is 4. The Balaban J connectivity index is 1.65. The fourth-order valence-electron chi connectivity index (χ4n) is 2.66. The number of anilines is 2. The van der Waals surface area contributed by atoms with E-state index in [-0.39, 0.29) is 12.5 Å². The zero-order valence-electron chi connectivity index (χ0n) is 14.2. The first-order chi connectivity index (χ1) is 13.2. The summed E-state index contributed by atoms with van der Waals surface area (Å²) in [5.41, 5.74) is 1.60. The molecule has 0 spiro atoms. The van der Waals surface area contributed by atoms with Crippen molar-refractivity contribution in [1.29, 1.82) is 0 Å². The van der Waals surface area contributed by atoms with Crippen LogP contribution in [0.15, 0.2) is 78.9 Å². The third kappa shape index (κ3) is 3.79. The van der Waals surface area contributed by atoms with E-state index >= 15 is 0 Å². The molecule has 3 aromatic carbocycles. The molecule has 0 saturated carbocycles. The van der Waals surface area contributed by atoms with Crippen LogP contribution in [0.1, 0.15) is 0 Å². The highest BCUT2D eigenvalue weighted by molar-refractivity contribution is 7.22. The minimum absolute atomic E-state index is 0.144. The number of halogens is 1. The van der Waals surface area contributed by atoms with Crippen molar-refractivity contribution in [3.8, 4) is 5.75 Å². The predicted octanol–water partition coefficient (Wildman–Crippen LogP) is 5.69. The first-order valence-corrected chi connectivity index (χ1v) is 9.53. The van der Waals surface area contributed by atoms with Gasteiger partial charge in [0.1, 0.15) is 5.75 Å². The lowest BCUT2D eigenvalue weighted by atomic mass is 10.3. The van der Waals surface area contributed by atoms with Crippen LogP contribution in [0.5, 0.6) is 5.75 Å². The van der Waals surface area contributed by atoms with Gasteiger partial charge >= 0.3 is 0 Å². The molecule has 0 atom stereocenters. The Morgan fingerprint density at radius 3 is 2.44 bits per heavy atom. The van der Waals surface area contributed by atoms with Gasteiger partial charge in [-0.3, -0.25) is 9.69 Å². The van der Waals surface area contributed by atoms with Gasteiger partial charge in [0, 0.05) is 0 Å². The third-order valence-electron chi connectivity index (χ3n) is 3.93. The summed E-state index contributed by atoms with van der Waals surface area (Å²) >= 11 is 7.58. The van der Waals surface area contributed by atoms with Crippen LogP contribution >= 0.6 is 22.9 Å². The molecule has 0 aliphatic rings. The van der Waals surface area contributed by atoms with Gasteiger partial charge in [0.05, 0.1) is 20.9 Å². The molecular weight excluding hydrogens is 380 g/mol. The average Bonchev–Trinajstić information content (AvgIpc) is 3.12. The lowest BCUT2D eigenvalue weighted by Gasteiger charge is -2.20. The molecule has 27 heavy (non-hydrogen) atoms. The molecule has 6 heteroatoms. The van der Waals surface area contributed by atoms with Gasteiger partial charge in [-0.15, -0.1) is 0 Å². The van der Waals surface area contributed by atoms with E-state index in [9.17, 15) is 4.79 Å². The number of nitrogens with zero attached hydrogens (tertiary/aromatic N) is 2. The highest BCUT2D eigenvalue weighted by Crippen LogP contribution is 2.33. The van der Waals surface area contributed by atoms with Crippen LogP contribution in [0.25, 0.3) is 10.2 Å². The molecule has 4 aromatic rings. The van der Waals surface area contributed by atoms with Gasteiger partial charge in [0.25, 0.3) is 5.91 Å². The molecule has 0 radical (unpaired) electrons. The molecule has 134 valence electrons. The van der Waals surface area contributed by atoms with Gasteiger partial charge < -0.3 is 4.74 Å². The Morgan fingerprint density at radius 2 is 1.67 bits per heavy atom. The van der Waals surface area contributed by atoms with Gasteiger partial charge in [0.15, 0.2) is 11.7 Å². The largest absolute Gasteiger partial charge is 0.482 e. The quantitative estimate of drug-likeness (QED) is 0.436. The minimum atomic E-state index is -0.222. The predicted molar refractivity (Wildman–Crippen MR) is 110 cm³/mol. The summed E-state index contributed by atoms with van der Waals surface area (Å²) in [6.07, 6.45) is 0. The number of benzene rings is 3. The summed E-state index contributed by atoms with van der Waals surface area (Å²) in [5, 5.41) is 1.08. The number of ether oxygens (including phenoxy) is 1. The molecule has 0 aliphatic carbocycles. The lowest BCUT2D eigenvalue weighted by Crippen LogP contribution is -2.30. The van der Waals surface area contributed by atoms with E-state index in [1.165, 1.54) is 11.3 Å². The lowest BCUT2D eigenvalue weighted by molar-refractivity contribution is -0.119. The molecule has 1 heterocycles. The maximum atomic E-state index is 13.0. The van der Waals surface area contributed by atoms with Gasteiger partial charge in [-0.25, -0.2) is 4.98 Å². The van der Waals surface area contributed by atoms with E-state index in [0.29, 0.717) is 15.9 Å². The van der Waals surface area contributed by atoms with Crippen molar-refractivity contribution in [3.63, 3.8) is 0 Å². The Hall–Kier alpha value is -2.89. The third-order valence-corrected chi connectivity index (χ3v) is 5.26. The highest BCUT2D eigenvalue weighted by Gasteiger charge is 2.22. The summed E-state index contributed by atoms with van der Waals surface area (Å²) in [5.74, 6) is 0.255. The van der Waals surface area contributed by atoms with E-state index in [1.807, 2.05) is 66.7 Å². The van der Waals surface area contributed by atoms with Crippen LogP contribution in [0.3, 0.4) is 0 Å². The van der Waals surface area contributed by atoms with Crippen molar-refractivity contribution in [2.45, 2.75) is 0 Å². The number of thiazole rings is 1. The Morgan fingerprint density at radius 1 is 0.963 bits per heavy atom. The summed E-state index contributed by atoms with van der Waals surface area (Å²) in [6.45, 7) is -0.144. The standard InChI is InChI=1S/C21H15ClN2O2S/c22-16-10-4-6-12-18(16)26-14-20(25)24(15-8-2-1-3-9-15)21-23-17-11-5-7-13-19(17)27-21/h1-13H,14H2. The second-order valence-electron chi connectivity index (χ2n) is 5.75. The van der Waals surface area contributed by atoms with Gasteiger partial charge in [-0.05, 0) is 36.4 Å². The first-order valence-electron chi connectivity index (χ1n) is 8.33. The number of aromatic nitrogens is 1. The van der Waals surface area contributed by atoms with Crippen LogP contribution in [0.4, 0.5) is 10.8 Å². The van der Waals surface area contributed by atoms with Crippen molar-refractivity contribution in [2.24, 2.45) is 0 Å². The molecule has 1 amide bonds. The second kappa shape index (κ2) is 7.78. The van der Waals surface area contributed by atoms with Crippen molar-refractivity contribution in [1.82, 2.24) is 4.98 Å². The second-order valence-corrected chi connectivity index (χ2v) is 7.16. The number of amides is 1. The van der Waals surface area contributed by atoms with Gasteiger partial charge in [-0.2, -0.15) is 0 Å². The van der Waals surface area contributed by atoms with E-state index in [0.717, 1.165) is 15.9 Å². The maximum absolute atomic E-state index is 13.0. The number of rotatable bonds is 5. The first kappa shape index (κ1) is 17.5. The highest BCUT2D eigenvalue weighted by atomic mass is 35.5. The zero-order valence-corrected chi connectivity index (χ0v) is 15.8. The van der Waals surface area contributed by atoms with E-state index in [4.69, 9.17) is 16.3 Å². The van der Waals surface area contributed by atoms with E-state index in [1.54, 1.807) is 17.0 Å². The molecule has 0 unspecified atom stereocenters. The molecule has 0 fully saturated rings. The van der Waals surface area contributed by atoms with Gasteiger partial charge in [0.2, 0.25) is 0 Å². The number of fused-ring (bicyclic) bond motifs is 1.